The molecule has 3 N–H and O–H groups in total. The molecule has 0 aliphatic heterocycles. The van der Waals surface area contributed by atoms with E-state index in [0.717, 1.165) is 83.5 Å². The first-order chi connectivity index (χ1) is 31.0. The van der Waals surface area contributed by atoms with Crippen LogP contribution in [0, 0.1) is 0 Å². The molecule has 0 aliphatic carbocycles. The lowest BCUT2D eigenvalue weighted by Crippen LogP contribution is -2.45. The zero-order valence-electron chi connectivity index (χ0n) is 42.1. The SMILES string of the molecule is CCCC/C=C\CCCCCCCC(=O)OCCCCC/C=C\CCCCCCCC(=O)NC(CO)C(O)/C=C/CCCCCCCCCCCCCCCCCCCCCCC. The van der Waals surface area contributed by atoms with E-state index in [1.165, 1.54) is 180 Å². The normalized spacial score (nSPS) is 12.9. The van der Waals surface area contributed by atoms with E-state index in [0.29, 0.717) is 19.4 Å². The number of hydrogen-bond acceptors (Lipinski definition) is 5. The van der Waals surface area contributed by atoms with Crippen LogP contribution >= 0.6 is 0 Å². The lowest BCUT2D eigenvalue weighted by atomic mass is 10.0. The summed E-state index contributed by atoms with van der Waals surface area (Å²) in [6.07, 6.45) is 64.5. The average molecular weight is 886 g/mol. The predicted octanol–water partition coefficient (Wildman–Crippen LogP) is 16.9. The number of aliphatic hydroxyl groups is 2. The maximum absolute atomic E-state index is 12.5. The van der Waals surface area contributed by atoms with Crippen LogP contribution in [0.1, 0.15) is 290 Å². The Labute approximate surface area is 392 Å². The molecular weight excluding hydrogens is 779 g/mol. The van der Waals surface area contributed by atoms with Gasteiger partial charge >= 0.3 is 5.97 Å². The highest BCUT2D eigenvalue weighted by molar-refractivity contribution is 5.76. The Hall–Kier alpha value is -1.92. The highest BCUT2D eigenvalue weighted by Gasteiger charge is 2.18. The average Bonchev–Trinajstić information content (AvgIpc) is 3.28. The summed E-state index contributed by atoms with van der Waals surface area (Å²) in [6, 6.07) is -0.648. The molecule has 0 saturated carbocycles. The minimum absolute atomic E-state index is 0.0354. The second-order valence-electron chi connectivity index (χ2n) is 18.9. The summed E-state index contributed by atoms with van der Waals surface area (Å²) in [5, 5.41) is 23.1. The van der Waals surface area contributed by atoms with Gasteiger partial charge in [0.1, 0.15) is 0 Å². The summed E-state index contributed by atoms with van der Waals surface area (Å²) in [4.78, 5) is 24.4. The van der Waals surface area contributed by atoms with Gasteiger partial charge in [0.15, 0.2) is 0 Å². The molecule has 0 aromatic rings. The van der Waals surface area contributed by atoms with Gasteiger partial charge in [-0.05, 0) is 83.5 Å². The van der Waals surface area contributed by atoms with Crippen LogP contribution in [0.4, 0.5) is 0 Å². The van der Waals surface area contributed by atoms with Gasteiger partial charge in [0.2, 0.25) is 5.91 Å². The summed E-state index contributed by atoms with van der Waals surface area (Å²) >= 11 is 0. The van der Waals surface area contributed by atoms with Crippen LogP contribution in [0.2, 0.25) is 0 Å². The molecule has 0 bridgehead atoms. The van der Waals surface area contributed by atoms with Gasteiger partial charge in [-0.2, -0.15) is 0 Å². The molecular formula is C57H107NO5. The van der Waals surface area contributed by atoms with E-state index in [9.17, 15) is 19.8 Å². The summed E-state index contributed by atoms with van der Waals surface area (Å²) in [5.74, 6) is -0.128. The molecule has 63 heavy (non-hydrogen) atoms. The minimum Gasteiger partial charge on any atom is -0.466 e. The molecule has 0 rings (SSSR count). The molecule has 370 valence electrons. The number of carbonyl (C=O) groups is 2. The molecule has 6 nitrogen and oxygen atoms in total. The van der Waals surface area contributed by atoms with Gasteiger partial charge in [0.05, 0.1) is 25.4 Å². The number of amides is 1. The molecule has 2 atom stereocenters. The number of allylic oxidation sites excluding steroid dienone is 5. The number of rotatable bonds is 51. The Balaban J connectivity index is 3.55. The van der Waals surface area contributed by atoms with Crippen molar-refractivity contribution in [2.75, 3.05) is 13.2 Å². The van der Waals surface area contributed by atoms with Crippen LogP contribution in [-0.2, 0) is 14.3 Å². The molecule has 0 aromatic carbocycles. The molecule has 6 heteroatoms. The molecule has 0 aliphatic rings. The number of carbonyl (C=O) groups excluding carboxylic acids is 2. The van der Waals surface area contributed by atoms with E-state index < -0.39 is 12.1 Å². The minimum atomic E-state index is -0.862. The number of aliphatic hydroxyl groups excluding tert-OH is 2. The Morgan fingerprint density at radius 1 is 0.429 bits per heavy atom. The molecule has 1 amide bonds. The fourth-order valence-electron chi connectivity index (χ4n) is 8.31. The standard InChI is InChI=1S/C57H107NO5/c1-3-5-7-9-11-13-15-16-17-18-19-20-21-22-23-24-25-26-30-33-37-41-45-49-55(60)54(53-59)58-56(61)50-46-42-38-34-31-27-28-32-36-40-44-48-52-63-57(62)51-47-43-39-35-29-14-12-10-8-6-4-2/h10,12,28,32,45,49,54-55,59-60H,3-9,11,13-27,29-31,33-44,46-48,50-53H2,1-2H3,(H,58,61)/b12-10-,32-28-,49-45+. The summed E-state index contributed by atoms with van der Waals surface area (Å²) in [7, 11) is 0. The summed E-state index contributed by atoms with van der Waals surface area (Å²) in [6.45, 7) is 4.81. The highest BCUT2D eigenvalue weighted by Crippen LogP contribution is 2.16. The fraction of sp³-hybridized carbons (Fsp3) is 0.860. The van der Waals surface area contributed by atoms with Gasteiger partial charge in [-0.3, -0.25) is 9.59 Å². The third-order valence-corrected chi connectivity index (χ3v) is 12.6. The van der Waals surface area contributed by atoms with Crippen LogP contribution in [0.25, 0.3) is 0 Å². The largest absolute Gasteiger partial charge is 0.466 e. The Morgan fingerprint density at radius 3 is 1.17 bits per heavy atom. The molecule has 0 saturated heterocycles. The number of hydrogen-bond donors (Lipinski definition) is 3. The van der Waals surface area contributed by atoms with Crippen molar-refractivity contribution < 1.29 is 24.5 Å². The van der Waals surface area contributed by atoms with E-state index in [1.54, 1.807) is 6.08 Å². The zero-order valence-corrected chi connectivity index (χ0v) is 42.1. The molecule has 2 unspecified atom stereocenters. The first-order valence-corrected chi connectivity index (χ1v) is 27.8. The van der Waals surface area contributed by atoms with Crippen molar-refractivity contribution in [1.29, 1.82) is 0 Å². The molecule has 0 heterocycles. The lowest BCUT2D eigenvalue weighted by Gasteiger charge is -2.20. The highest BCUT2D eigenvalue weighted by atomic mass is 16.5. The third kappa shape index (κ3) is 49.4. The number of ether oxygens (including phenoxy) is 1. The zero-order chi connectivity index (χ0) is 45.8. The van der Waals surface area contributed by atoms with Gasteiger partial charge in [0.25, 0.3) is 0 Å². The summed E-state index contributed by atoms with van der Waals surface area (Å²) in [5.41, 5.74) is 0. The quantitative estimate of drug-likeness (QED) is 0.0321. The van der Waals surface area contributed by atoms with Gasteiger partial charge in [-0.1, -0.05) is 230 Å². The monoisotopic (exact) mass is 886 g/mol. The van der Waals surface area contributed by atoms with Gasteiger partial charge in [-0.15, -0.1) is 0 Å². The maximum Gasteiger partial charge on any atom is 0.305 e. The number of esters is 1. The topological polar surface area (TPSA) is 95.9 Å². The van der Waals surface area contributed by atoms with Crippen molar-refractivity contribution in [2.45, 2.75) is 302 Å². The fourth-order valence-corrected chi connectivity index (χ4v) is 8.31. The van der Waals surface area contributed by atoms with Crippen LogP contribution in [0.15, 0.2) is 36.5 Å². The van der Waals surface area contributed by atoms with E-state index >= 15 is 0 Å². The van der Waals surface area contributed by atoms with Crippen LogP contribution in [0.3, 0.4) is 0 Å². The van der Waals surface area contributed by atoms with Crippen molar-refractivity contribution in [2.24, 2.45) is 0 Å². The van der Waals surface area contributed by atoms with Crippen molar-refractivity contribution >= 4 is 11.9 Å². The van der Waals surface area contributed by atoms with Gasteiger partial charge < -0.3 is 20.3 Å². The predicted molar refractivity (Wildman–Crippen MR) is 273 cm³/mol. The van der Waals surface area contributed by atoms with Crippen LogP contribution in [-0.4, -0.2) is 47.4 Å². The van der Waals surface area contributed by atoms with E-state index in [2.05, 4.69) is 43.5 Å². The third-order valence-electron chi connectivity index (χ3n) is 12.6. The van der Waals surface area contributed by atoms with Crippen molar-refractivity contribution in [3.05, 3.63) is 36.5 Å². The maximum atomic E-state index is 12.5. The van der Waals surface area contributed by atoms with E-state index in [-0.39, 0.29) is 18.5 Å². The van der Waals surface area contributed by atoms with Crippen molar-refractivity contribution in [1.82, 2.24) is 5.32 Å². The number of nitrogens with one attached hydrogen (secondary N) is 1. The Kier molecular flexibility index (Phi) is 51.1. The number of unbranched alkanes of at least 4 members (excludes halogenated alkanes) is 36. The van der Waals surface area contributed by atoms with Gasteiger partial charge in [-0.25, -0.2) is 0 Å². The first kappa shape index (κ1) is 61.1. The molecule has 0 fully saturated rings. The molecule has 0 spiro atoms. The van der Waals surface area contributed by atoms with Crippen molar-refractivity contribution in [3.63, 3.8) is 0 Å². The second-order valence-corrected chi connectivity index (χ2v) is 18.9. The first-order valence-electron chi connectivity index (χ1n) is 27.8. The van der Waals surface area contributed by atoms with Gasteiger partial charge in [0, 0.05) is 12.8 Å². The summed E-state index contributed by atoms with van der Waals surface area (Å²) < 4.78 is 5.42. The van der Waals surface area contributed by atoms with E-state index in [1.807, 2.05) is 6.08 Å². The Bertz CT molecular complexity index is 1020. The van der Waals surface area contributed by atoms with Crippen LogP contribution < -0.4 is 5.32 Å². The molecule has 0 aromatic heterocycles. The smallest absolute Gasteiger partial charge is 0.305 e. The van der Waals surface area contributed by atoms with Crippen molar-refractivity contribution in [3.8, 4) is 0 Å². The Morgan fingerprint density at radius 2 is 0.762 bits per heavy atom. The second kappa shape index (κ2) is 52.7. The van der Waals surface area contributed by atoms with E-state index in [4.69, 9.17) is 4.74 Å². The van der Waals surface area contributed by atoms with Crippen LogP contribution in [0.5, 0.6) is 0 Å². The molecule has 0 radical (unpaired) electrons. The lowest BCUT2D eigenvalue weighted by molar-refractivity contribution is -0.143.